The number of carbonyl (C=O) groups is 2. The molecule has 0 radical (unpaired) electrons. The molecule has 0 spiro atoms. The number of fused-ring (bicyclic) bond motifs is 1. The maximum atomic E-state index is 13.6. The summed E-state index contributed by atoms with van der Waals surface area (Å²) in [6, 6.07) is 16.1. The van der Waals surface area contributed by atoms with E-state index in [1.165, 1.54) is 5.56 Å². The number of carbonyl (C=O) groups excluding carboxylic acids is 2. The van der Waals surface area contributed by atoms with E-state index in [-0.39, 0.29) is 23.7 Å². The van der Waals surface area contributed by atoms with Gasteiger partial charge in [-0.25, -0.2) is 4.68 Å². The second kappa shape index (κ2) is 8.66. The van der Waals surface area contributed by atoms with Crippen molar-refractivity contribution in [1.82, 2.24) is 20.2 Å². The van der Waals surface area contributed by atoms with E-state index in [4.69, 9.17) is 0 Å². The first-order valence-electron chi connectivity index (χ1n) is 12.3. The van der Waals surface area contributed by atoms with Crippen LogP contribution in [0.3, 0.4) is 0 Å². The molecule has 2 heterocycles. The van der Waals surface area contributed by atoms with Crippen molar-refractivity contribution in [2.45, 2.75) is 51.0 Å². The summed E-state index contributed by atoms with van der Waals surface area (Å²) in [5.74, 6) is 0.114. The van der Waals surface area contributed by atoms with Crippen molar-refractivity contribution < 1.29 is 9.59 Å². The van der Waals surface area contributed by atoms with Crippen molar-refractivity contribution in [2.24, 2.45) is 11.8 Å². The zero-order valence-electron chi connectivity index (χ0n) is 19.1. The quantitative estimate of drug-likeness (QED) is 0.626. The van der Waals surface area contributed by atoms with E-state index >= 15 is 0 Å². The van der Waals surface area contributed by atoms with Crippen LogP contribution in [-0.4, -0.2) is 38.6 Å². The Hall–Kier alpha value is -3.55. The topological polar surface area (TPSA) is 93.0 Å². The lowest BCUT2D eigenvalue weighted by Gasteiger charge is -2.32. The lowest BCUT2D eigenvalue weighted by molar-refractivity contribution is -0.132. The van der Waals surface area contributed by atoms with Crippen LogP contribution in [0.25, 0.3) is 11.4 Å². The molecule has 6 rings (SSSR count). The zero-order chi connectivity index (χ0) is 23.1. The number of para-hydroxylation sites is 1. The molecule has 2 fully saturated rings. The summed E-state index contributed by atoms with van der Waals surface area (Å²) in [5, 5.41) is 15.2. The number of hydrogen-bond acceptors (Lipinski definition) is 5. The Bertz CT molecular complexity index is 1230. The predicted molar refractivity (Wildman–Crippen MR) is 128 cm³/mol. The SMILES string of the molecule is O=C(Nc1cccc(-c2nnnn2C2CC2)c1)C1CCCCC1C(=O)N1CCc2ccccc21. The van der Waals surface area contributed by atoms with Gasteiger partial charge < -0.3 is 10.2 Å². The smallest absolute Gasteiger partial charge is 0.230 e. The summed E-state index contributed by atoms with van der Waals surface area (Å²) in [7, 11) is 0. The predicted octanol–water partition coefficient (Wildman–Crippen LogP) is 4.01. The lowest BCUT2D eigenvalue weighted by Crippen LogP contribution is -2.43. The molecule has 1 aromatic heterocycles. The molecule has 174 valence electrons. The Labute approximate surface area is 198 Å². The van der Waals surface area contributed by atoms with Gasteiger partial charge in [0.05, 0.1) is 12.0 Å². The normalized spacial score (nSPS) is 21.8. The van der Waals surface area contributed by atoms with E-state index in [1.807, 2.05) is 52.0 Å². The highest BCUT2D eigenvalue weighted by Gasteiger charge is 2.39. The third-order valence-electron chi connectivity index (χ3n) is 7.35. The molecule has 1 aliphatic heterocycles. The van der Waals surface area contributed by atoms with Crippen molar-refractivity contribution in [3.63, 3.8) is 0 Å². The van der Waals surface area contributed by atoms with Crippen molar-refractivity contribution >= 4 is 23.2 Å². The van der Waals surface area contributed by atoms with Crippen LogP contribution in [0, 0.1) is 11.8 Å². The van der Waals surface area contributed by atoms with E-state index < -0.39 is 0 Å². The fraction of sp³-hybridized carbons (Fsp3) is 0.423. The van der Waals surface area contributed by atoms with E-state index in [0.29, 0.717) is 18.3 Å². The summed E-state index contributed by atoms with van der Waals surface area (Å²) >= 11 is 0. The molecule has 0 saturated heterocycles. The first-order chi connectivity index (χ1) is 16.7. The average molecular weight is 457 g/mol. The number of nitrogens with zero attached hydrogens (tertiary/aromatic N) is 5. The molecular formula is C26H28N6O2. The third kappa shape index (κ3) is 3.87. The summed E-state index contributed by atoms with van der Waals surface area (Å²) in [5.41, 5.74) is 3.78. The number of anilines is 2. The van der Waals surface area contributed by atoms with Crippen molar-refractivity contribution in [1.29, 1.82) is 0 Å². The van der Waals surface area contributed by atoms with Crippen LogP contribution >= 0.6 is 0 Å². The average Bonchev–Trinajstić information content (AvgIpc) is 3.43. The number of aromatic nitrogens is 4. The first kappa shape index (κ1) is 21.0. The molecule has 0 bridgehead atoms. The highest BCUT2D eigenvalue weighted by atomic mass is 16.2. The molecule has 3 aliphatic rings. The molecule has 3 aromatic rings. The molecular weight excluding hydrogens is 428 g/mol. The van der Waals surface area contributed by atoms with E-state index in [9.17, 15) is 9.59 Å². The van der Waals surface area contributed by atoms with Crippen LogP contribution < -0.4 is 10.2 Å². The van der Waals surface area contributed by atoms with Crippen LogP contribution in [0.2, 0.25) is 0 Å². The van der Waals surface area contributed by atoms with Gasteiger partial charge in [-0.15, -0.1) is 5.10 Å². The summed E-state index contributed by atoms with van der Waals surface area (Å²) in [6.45, 7) is 0.695. The highest BCUT2D eigenvalue weighted by molar-refractivity contribution is 6.02. The van der Waals surface area contributed by atoms with Crippen LogP contribution in [0.1, 0.15) is 50.1 Å². The second-order valence-electron chi connectivity index (χ2n) is 9.61. The van der Waals surface area contributed by atoms with Gasteiger partial charge in [0.1, 0.15) is 0 Å². The van der Waals surface area contributed by atoms with Gasteiger partial charge in [-0.1, -0.05) is 43.2 Å². The van der Waals surface area contributed by atoms with E-state index in [2.05, 4.69) is 26.9 Å². The number of nitrogens with one attached hydrogen (secondary N) is 1. The monoisotopic (exact) mass is 456 g/mol. The largest absolute Gasteiger partial charge is 0.326 e. The highest BCUT2D eigenvalue weighted by Crippen LogP contribution is 2.38. The van der Waals surface area contributed by atoms with Gasteiger partial charge in [0.15, 0.2) is 5.82 Å². The van der Waals surface area contributed by atoms with Gasteiger partial charge in [0.2, 0.25) is 11.8 Å². The standard InChI is InChI=1S/C26H28N6O2/c33-25(27-19-8-5-7-18(16-19)24-28-29-30-32(24)20-12-13-20)21-9-2-3-10-22(21)26(34)31-15-14-17-6-1-4-11-23(17)31/h1,4-8,11,16,20-22H,2-3,9-10,12-15H2,(H,27,33). The summed E-state index contributed by atoms with van der Waals surface area (Å²) in [6.07, 6.45) is 6.49. The minimum Gasteiger partial charge on any atom is -0.326 e. The van der Waals surface area contributed by atoms with Crippen LogP contribution in [0.4, 0.5) is 11.4 Å². The molecule has 2 atom stereocenters. The van der Waals surface area contributed by atoms with Gasteiger partial charge in [0.25, 0.3) is 0 Å². The van der Waals surface area contributed by atoms with E-state index in [0.717, 1.165) is 62.0 Å². The molecule has 34 heavy (non-hydrogen) atoms. The second-order valence-corrected chi connectivity index (χ2v) is 9.61. The Morgan fingerprint density at radius 3 is 2.62 bits per heavy atom. The molecule has 1 N–H and O–H groups in total. The van der Waals surface area contributed by atoms with Crippen LogP contribution in [-0.2, 0) is 16.0 Å². The van der Waals surface area contributed by atoms with Crippen LogP contribution in [0.5, 0.6) is 0 Å². The third-order valence-corrected chi connectivity index (χ3v) is 7.35. The number of amides is 2. The molecule has 2 amide bonds. The molecule has 2 aliphatic carbocycles. The molecule has 2 saturated carbocycles. The fourth-order valence-electron chi connectivity index (χ4n) is 5.43. The summed E-state index contributed by atoms with van der Waals surface area (Å²) in [4.78, 5) is 28.9. The molecule has 8 nitrogen and oxygen atoms in total. The van der Waals surface area contributed by atoms with E-state index in [1.54, 1.807) is 0 Å². The molecule has 2 unspecified atom stereocenters. The molecule has 8 heteroatoms. The Morgan fingerprint density at radius 2 is 1.76 bits per heavy atom. The maximum Gasteiger partial charge on any atom is 0.230 e. The first-order valence-corrected chi connectivity index (χ1v) is 12.3. The van der Waals surface area contributed by atoms with Gasteiger partial charge >= 0.3 is 0 Å². The van der Waals surface area contributed by atoms with Gasteiger partial charge in [-0.3, -0.25) is 9.59 Å². The summed E-state index contributed by atoms with van der Waals surface area (Å²) < 4.78 is 1.87. The minimum atomic E-state index is -0.325. The minimum absolute atomic E-state index is 0.0792. The van der Waals surface area contributed by atoms with Gasteiger partial charge in [-0.2, -0.15) is 0 Å². The Kier molecular flexibility index (Phi) is 5.36. The van der Waals surface area contributed by atoms with Crippen LogP contribution in [0.15, 0.2) is 48.5 Å². The van der Waals surface area contributed by atoms with Crippen molar-refractivity contribution in [3.8, 4) is 11.4 Å². The fourth-order valence-corrected chi connectivity index (χ4v) is 5.43. The Balaban J connectivity index is 1.20. The number of rotatable bonds is 5. The van der Waals surface area contributed by atoms with Crippen molar-refractivity contribution in [3.05, 3.63) is 54.1 Å². The molecule has 2 aromatic carbocycles. The number of tetrazole rings is 1. The Morgan fingerprint density at radius 1 is 0.941 bits per heavy atom. The number of benzene rings is 2. The zero-order valence-corrected chi connectivity index (χ0v) is 19.1. The number of hydrogen-bond donors (Lipinski definition) is 1. The van der Waals surface area contributed by atoms with Gasteiger partial charge in [-0.05, 0) is 66.3 Å². The van der Waals surface area contributed by atoms with Crippen molar-refractivity contribution in [2.75, 3.05) is 16.8 Å². The maximum absolute atomic E-state index is 13.6. The lowest BCUT2D eigenvalue weighted by atomic mass is 9.77. The van der Waals surface area contributed by atoms with Gasteiger partial charge in [0, 0.05) is 29.4 Å².